The van der Waals surface area contributed by atoms with Crippen LogP contribution in [0.3, 0.4) is 0 Å². The molecule has 2 nitrogen and oxygen atoms in total. The molecule has 2 N–H and O–H groups in total. The number of anilines is 1. The molecule has 0 aliphatic carbocycles. The Morgan fingerprint density at radius 2 is 1.76 bits per heavy atom. The second kappa shape index (κ2) is 6.65. The monoisotopic (exact) mass is 234 g/mol. The second-order valence-electron chi connectivity index (χ2n) is 4.62. The Morgan fingerprint density at radius 3 is 2.29 bits per heavy atom. The fourth-order valence-electron chi connectivity index (χ4n) is 2.22. The molecule has 0 aliphatic heterocycles. The van der Waals surface area contributed by atoms with E-state index in [2.05, 4.69) is 56.9 Å². The van der Waals surface area contributed by atoms with Crippen molar-refractivity contribution in [1.29, 1.82) is 0 Å². The van der Waals surface area contributed by atoms with E-state index in [1.165, 1.54) is 11.3 Å². The fraction of sp³-hybridized carbons (Fsp3) is 0.600. The molecule has 0 fully saturated rings. The van der Waals surface area contributed by atoms with E-state index >= 15 is 0 Å². The third-order valence-corrected chi connectivity index (χ3v) is 3.55. The van der Waals surface area contributed by atoms with Gasteiger partial charge in [0.15, 0.2) is 0 Å². The number of nitrogens with zero attached hydrogens (tertiary/aromatic N) is 1. The van der Waals surface area contributed by atoms with Crippen molar-refractivity contribution in [1.82, 2.24) is 0 Å². The van der Waals surface area contributed by atoms with Crippen LogP contribution in [-0.4, -0.2) is 12.6 Å². The topological polar surface area (TPSA) is 29.3 Å². The molecular weight excluding hydrogens is 208 g/mol. The molecule has 0 radical (unpaired) electrons. The van der Waals surface area contributed by atoms with Gasteiger partial charge in [0.2, 0.25) is 0 Å². The highest BCUT2D eigenvalue weighted by Gasteiger charge is 2.16. The minimum atomic E-state index is 0.143. The smallest absolute Gasteiger partial charge is 0.0416 e. The molecule has 1 unspecified atom stereocenters. The molecule has 17 heavy (non-hydrogen) atoms. The molecule has 2 atom stereocenters. The molecule has 0 heterocycles. The van der Waals surface area contributed by atoms with Crippen molar-refractivity contribution in [3.8, 4) is 0 Å². The lowest BCUT2D eigenvalue weighted by Gasteiger charge is -2.32. The van der Waals surface area contributed by atoms with Gasteiger partial charge in [0, 0.05) is 24.3 Å². The second-order valence-corrected chi connectivity index (χ2v) is 4.62. The summed E-state index contributed by atoms with van der Waals surface area (Å²) in [5.41, 5.74) is 8.78. The summed E-state index contributed by atoms with van der Waals surface area (Å²) in [4.78, 5) is 2.45. The molecular formula is C15H26N2. The van der Waals surface area contributed by atoms with E-state index in [9.17, 15) is 0 Å². The highest BCUT2D eigenvalue weighted by molar-refractivity contribution is 5.55. The molecule has 0 bridgehead atoms. The van der Waals surface area contributed by atoms with E-state index in [4.69, 9.17) is 5.73 Å². The van der Waals surface area contributed by atoms with Crippen LogP contribution in [-0.2, 0) is 0 Å². The largest absolute Gasteiger partial charge is 0.369 e. The van der Waals surface area contributed by atoms with Crippen molar-refractivity contribution in [2.45, 2.75) is 52.6 Å². The Morgan fingerprint density at radius 1 is 1.12 bits per heavy atom. The molecule has 0 spiro atoms. The molecule has 0 amide bonds. The highest BCUT2D eigenvalue weighted by atomic mass is 15.2. The van der Waals surface area contributed by atoms with Gasteiger partial charge in [-0.1, -0.05) is 32.0 Å². The lowest BCUT2D eigenvalue weighted by Crippen LogP contribution is -2.33. The predicted molar refractivity (Wildman–Crippen MR) is 76.4 cm³/mol. The van der Waals surface area contributed by atoms with Crippen molar-refractivity contribution < 1.29 is 0 Å². The third kappa shape index (κ3) is 3.22. The Kier molecular flexibility index (Phi) is 5.49. The number of benzene rings is 1. The predicted octanol–water partition coefficient (Wildman–Crippen LogP) is 3.72. The molecule has 0 aromatic heterocycles. The fourth-order valence-corrected chi connectivity index (χ4v) is 2.22. The zero-order chi connectivity index (χ0) is 12.8. The summed E-state index contributed by atoms with van der Waals surface area (Å²) >= 11 is 0. The van der Waals surface area contributed by atoms with Crippen molar-refractivity contribution >= 4 is 5.69 Å². The summed E-state index contributed by atoms with van der Waals surface area (Å²) < 4.78 is 0. The first-order chi connectivity index (χ1) is 8.15. The van der Waals surface area contributed by atoms with Crippen LogP contribution in [0.1, 0.15) is 52.1 Å². The Balaban J connectivity index is 3.10. The summed E-state index contributed by atoms with van der Waals surface area (Å²) in [5, 5.41) is 0. The average Bonchev–Trinajstić information content (AvgIpc) is 2.39. The van der Waals surface area contributed by atoms with Crippen LogP contribution in [0, 0.1) is 0 Å². The van der Waals surface area contributed by atoms with Crippen LogP contribution < -0.4 is 10.6 Å². The van der Waals surface area contributed by atoms with E-state index < -0.39 is 0 Å². The number of hydrogen-bond donors (Lipinski definition) is 1. The summed E-state index contributed by atoms with van der Waals surface area (Å²) in [6.07, 6.45) is 2.14. The molecule has 1 aromatic rings. The van der Waals surface area contributed by atoms with Crippen LogP contribution in [0.15, 0.2) is 24.3 Å². The van der Waals surface area contributed by atoms with Gasteiger partial charge in [0.1, 0.15) is 0 Å². The van der Waals surface area contributed by atoms with E-state index in [0.29, 0.717) is 6.04 Å². The minimum Gasteiger partial charge on any atom is -0.369 e. The maximum absolute atomic E-state index is 6.20. The zero-order valence-electron chi connectivity index (χ0n) is 11.6. The van der Waals surface area contributed by atoms with E-state index in [1.54, 1.807) is 0 Å². The molecule has 0 aliphatic rings. The minimum absolute atomic E-state index is 0.143. The molecule has 96 valence electrons. The lowest BCUT2D eigenvalue weighted by atomic mass is 10.0. The summed E-state index contributed by atoms with van der Waals surface area (Å²) in [7, 11) is 0. The first-order valence-corrected chi connectivity index (χ1v) is 6.76. The SMILES string of the molecule is CCC(C)N(CC)c1ccccc1[C@H](N)CC. The van der Waals surface area contributed by atoms with Crippen molar-refractivity contribution in [2.75, 3.05) is 11.4 Å². The Labute approximate surface area is 106 Å². The molecule has 0 saturated heterocycles. The molecule has 1 aromatic carbocycles. The molecule has 2 heteroatoms. The zero-order valence-corrected chi connectivity index (χ0v) is 11.6. The number of para-hydroxylation sites is 1. The van der Waals surface area contributed by atoms with Gasteiger partial charge in [-0.3, -0.25) is 0 Å². The number of nitrogens with two attached hydrogens (primary N) is 1. The van der Waals surface area contributed by atoms with Crippen molar-refractivity contribution in [2.24, 2.45) is 5.73 Å². The standard InChI is InChI=1S/C15H26N2/c1-5-12(4)17(7-3)15-11-9-8-10-13(15)14(16)6-2/h8-12,14H,5-7,16H2,1-4H3/t12?,14-/m1/s1. The maximum atomic E-state index is 6.20. The Hall–Kier alpha value is -1.02. The number of hydrogen-bond acceptors (Lipinski definition) is 2. The average molecular weight is 234 g/mol. The maximum Gasteiger partial charge on any atom is 0.0416 e. The molecule has 0 saturated carbocycles. The van der Waals surface area contributed by atoms with Crippen LogP contribution in [0.5, 0.6) is 0 Å². The van der Waals surface area contributed by atoms with Gasteiger partial charge in [-0.2, -0.15) is 0 Å². The summed E-state index contributed by atoms with van der Waals surface area (Å²) in [6, 6.07) is 9.25. The van der Waals surface area contributed by atoms with Gasteiger partial charge < -0.3 is 10.6 Å². The van der Waals surface area contributed by atoms with E-state index in [1.807, 2.05) is 0 Å². The van der Waals surface area contributed by atoms with E-state index in [-0.39, 0.29) is 6.04 Å². The lowest BCUT2D eigenvalue weighted by molar-refractivity contribution is 0.618. The third-order valence-electron chi connectivity index (χ3n) is 3.55. The first kappa shape index (κ1) is 14.0. The van der Waals surface area contributed by atoms with Crippen LogP contribution in [0.2, 0.25) is 0 Å². The van der Waals surface area contributed by atoms with Gasteiger partial charge >= 0.3 is 0 Å². The van der Waals surface area contributed by atoms with Crippen LogP contribution in [0.4, 0.5) is 5.69 Å². The van der Waals surface area contributed by atoms with E-state index in [0.717, 1.165) is 19.4 Å². The summed E-state index contributed by atoms with van der Waals surface area (Å²) in [6.45, 7) is 9.89. The quantitative estimate of drug-likeness (QED) is 0.813. The number of rotatable bonds is 6. The van der Waals surface area contributed by atoms with Crippen LogP contribution >= 0.6 is 0 Å². The van der Waals surface area contributed by atoms with Gasteiger partial charge in [-0.25, -0.2) is 0 Å². The molecule has 1 rings (SSSR count). The highest BCUT2D eigenvalue weighted by Crippen LogP contribution is 2.28. The van der Waals surface area contributed by atoms with Gasteiger partial charge in [-0.15, -0.1) is 0 Å². The van der Waals surface area contributed by atoms with Crippen molar-refractivity contribution in [3.63, 3.8) is 0 Å². The van der Waals surface area contributed by atoms with Gasteiger partial charge in [0.05, 0.1) is 0 Å². The normalized spacial score (nSPS) is 14.4. The van der Waals surface area contributed by atoms with Crippen LogP contribution in [0.25, 0.3) is 0 Å². The Bertz CT molecular complexity index is 335. The summed E-state index contributed by atoms with van der Waals surface area (Å²) in [5.74, 6) is 0. The van der Waals surface area contributed by atoms with Gasteiger partial charge in [0.25, 0.3) is 0 Å². The van der Waals surface area contributed by atoms with Gasteiger partial charge in [-0.05, 0) is 38.3 Å². The first-order valence-electron chi connectivity index (χ1n) is 6.76. The van der Waals surface area contributed by atoms with Crippen molar-refractivity contribution in [3.05, 3.63) is 29.8 Å².